The number of ether oxygens (including phenoxy) is 1. The van der Waals surface area contributed by atoms with E-state index in [-0.39, 0.29) is 11.5 Å². The SMILES string of the molecule is CCN(CC)C(=O)C1=C(C)N=c2s/c(=C/c3cc(I)cc(I)c3OC)c(=O)n2[C@H]1c1ccc(Cl)cc1. The van der Waals surface area contributed by atoms with Gasteiger partial charge in [0.2, 0.25) is 0 Å². The minimum Gasteiger partial charge on any atom is -0.495 e. The average Bonchev–Trinajstić information content (AvgIpc) is 3.13. The molecule has 0 spiro atoms. The maximum absolute atomic E-state index is 13.9. The highest BCUT2D eigenvalue weighted by Gasteiger charge is 2.34. The molecule has 188 valence electrons. The summed E-state index contributed by atoms with van der Waals surface area (Å²) in [5.41, 5.74) is 2.53. The van der Waals surface area contributed by atoms with Crippen molar-refractivity contribution < 1.29 is 9.53 Å². The molecule has 0 bridgehead atoms. The molecule has 0 aliphatic carbocycles. The lowest BCUT2D eigenvalue weighted by molar-refractivity contribution is -0.127. The van der Waals surface area contributed by atoms with Crippen molar-refractivity contribution in [2.75, 3.05) is 20.2 Å². The summed E-state index contributed by atoms with van der Waals surface area (Å²) < 4.78 is 9.78. The molecule has 0 fully saturated rings. The van der Waals surface area contributed by atoms with Crippen LogP contribution in [0.1, 0.15) is 37.9 Å². The molecule has 1 atom stereocenters. The molecule has 1 aliphatic rings. The van der Waals surface area contributed by atoms with Gasteiger partial charge in [-0.3, -0.25) is 14.2 Å². The van der Waals surface area contributed by atoms with E-state index < -0.39 is 6.04 Å². The van der Waals surface area contributed by atoms with Crippen LogP contribution in [0.25, 0.3) is 6.08 Å². The lowest BCUT2D eigenvalue weighted by Crippen LogP contribution is -2.43. The quantitative estimate of drug-likeness (QED) is 0.335. The van der Waals surface area contributed by atoms with Crippen molar-refractivity contribution in [1.29, 1.82) is 0 Å². The van der Waals surface area contributed by atoms with Crippen LogP contribution in [0.2, 0.25) is 5.02 Å². The molecule has 36 heavy (non-hydrogen) atoms. The fourth-order valence-electron chi connectivity index (χ4n) is 4.28. The summed E-state index contributed by atoms with van der Waals surface area (Å²) in [6.45, 7) is 6.85. The van der Waals surface area contributed by atoms with Gasteiger partial charge in [0.1, 0.15) is 5.75 Å². The average molecular weight is 748 g/mol. The largest absolute Gasteiger partial charge is 0.495 e. The maximum atomic E-state index is 13.9. The van der Waals surface area contributed by atoms with Gasteiger partial charge in [-0.05, 0) is 102 Å². The number of allylic oxidation sites excluding steroid dienone is 1. The number of aromatic nitrogens is 1. The predicted octanol–water partition coefficient (Wildman–Crippen LogP) is 4.97. The lowest BCUT2D eigenvalue weighted by Gasteiger charge is -2.29. The molecule has 3 aromatic rings. The number of amides is 1. The topological polar surface area (TPSA) is 63.9 Å². The van der Waals surface area contributed by atoms with Crippen LogP contribution in [0.4, 0.5) is 0 Å². The van der Waals surface area contributed by atoms with E-state index in [1.165, 1.54) is 11.3 Å². The molecule has 2 heterocycles. The summed E-state index contributed by atoms with van der Waals surface area (Å²) in [6.07, 6.45) is 1.84. The second-order valence-electron chi connectivity index (χ2n) is 8.12. The number of nitrogens with zero attached hydrogens (tertiary/aromatic N) is 3. The Bertz CT molecular complexity index is 1540. The molecule has 0 radical (unpaired) electrons. The first-order valence-corrected chi connectivity index (χ1v) is 14.7. The molecule has 4 rings (SSSR count). The predicted molar refractivity (Wildman–Crippen MR) is 162 cm³/mol. The van der Waals surface area contributed by atoms with Crippen LogP contribution >= 0.6 is 68.1 Å². The van der Waals surface area contributed by atoms with Crippen LogP contribution in [-0.4, -0.2) is 35.6 Å². The van der Waals surface area contributed by atoms with E-state index in [0.29, 0.717) is 44.5 Å². The van der Waals surface area contributed by atoms with E-state index in [2.05, 4.69) is 45.2 Å². The van der Waals surface area contributed by atoms with E-state index in [1.807, 2.05) is 51.1 Å². The van der Waals surface area contributed by atoms with Gasteiger partial charge in [0, 0.05) is 27.2 Å². The zero-order valence-corrected chi connectivity index (χ0v) is 26.0. The first-order valence-electron chi connectivity index (χ1n) is 11.3. The summed E-state index contributed by atoms with van der Waals surface area (Å²) in [4.78, 5) is 34.6. The number of hydrogen-bond donors (Lipinski definition) is 0. The van der Waals surface area contributed by atoms with E-state index in [4.69, 9.17) is 21.3 Å². The highest BCUT2D eigenvalue weighted by Crippen LogP contribution is 2.32. The second-order valence-corrected chi connectivity index (χ2v) is 12.0. The first kappa shape index (κ1) is 27.3. The van der Waals surface area contributed by atoms with Gasteiger partial charge in [0.15, 0.2) is 4.80 Å². The third-order valence-corrected chi connectivity index (χ3v) is 8.68. The molecule has 6 nitrogen and oxygen atoms in total. The van der Waals surface area contributed by atoms with Crippen molar-refractivity contribution in [3.63, 3.8) is 0 Å². The number of benzene rings is 2. The molecule has 1 aromatic heterocycles. The van der Waals surface area contributed by atoms with Crippen molar-refractivity contribution in [2.45, 2.75) is 26.8 Å². The van der Waals surface area contributed by atoms with Gasteiger partial charge in [-0.2, -0.15) is 0 Å². The number of rotatable bonds is 6. The Hall–Kier alpha value is -1.70. The first-order chi connectivity index (χ1) is 17.2. The van der Waals surface area contributed by atoms with Crippen molar-refractivity contribution in [3.8, 4) is 5.75 Å². The fraction of sp³-hybridized carbons (Fsp3) is 0.269. The third kappa shape index (κ3) is 5.16. The molecule has 1 aliphatic heterocycles. The van der Waals surface area contributed by atoms with Gasteiger partial charge in [0.05, 0.1) is 32.5 Å². The Morgan fingerprint density at radius 2 is 1.89 bits per heavy atom. The number of likely N-dealkylation sites (N-methyl/N-ethyl adjacent to an activating group) is 1. The van der Waals surface area contributed by atoms with Crippen LogP contribution in [0.15, 0.2) is 57.5 Å². The van der Waals surface area contributed by atoms with E-state index in [9.17, 15) is 9.59 Å². The molecule has 0 saturated carbocycles. The van der Waals surface area contributed by atoms with Crippen LogP contribution in [0.5, 0.6) is 5.75 Å². The summed E-state index contributed by atoms with van der Waals surface area (Å²) in [7, 11) is 1.62. The summed E-state index contributed by atoms with van der Waals surface area (Å²) in [6, 6.07) is 10.7. The smallest absolute Gasteiger partial charge is 0.271 e. The minimum absolute atomic E-state index is 0.121. The molecule has 0 saturated heterocycles. The minimum atomic E-state index is -0.605. The molecule has 10 heteroatoms. The number of carbonyl (C=O) groups excluding carboxylic acids is 1. The summed E-state index contributed by atoms with van der Waals surface area (Å²) in [5.74, 6) is 0.592. The molecular weight excluding hydrogens is 724 g/mol. The van der Waals surface area contributed by atoms with Crippen molar-refractivity contribution >= 4 is 80.1 Å². The highest BCUT2D eigenvalue weighted by atomic mass is 127. The molecule has 0 N–H and O–H groups in total. The summed E-state index contributed by atoms with van der Waals surface area (Å²) >= 11 is 12.0. The van der Waals surface area contributed by atoms with Gasteiger partial charge in [0.25, 0.3) is 11.5 Å². The molecule has 1 amide bonds. The van der Waals surface area contributed by atoms with Crippen LogP contribution < -0.4 is 19.6 Å². The van der Waals surface area contributed by atoms with Gasteiger partial charge in [-0.25, -0.2) is 4.99 Å². The standard InChI is InChI=1S/C26H24ClI2N3O3S/c1-5-31(6-2)25(34)21-14(3)30-26-32(22(21)15-7-9-17(27)10-8-15)24(33)20(36-26)12-16-11-18(28)13-19(29)23(16)35-4/h7-13,22H,5-6H2,1-4H3/b20-12+/t22-/m0/s1. The van der Waals surface area contributed by atoms with Gasteiger partial charge in [-0.1, -0.05) is 35.1 Å². The number of thiazole rings is 1. The Balaban J connectivity index is 1.99. The van der Waals surface area contributed by atoms with Crippen LogP contribution in [-0.2, 0) is 4.79 Å². The Morgan fingerprint density at radius 3 is 2.50 bits per heavy atom. The number of hydrogen-bond acceptors (Lipinski definition) is 5. The van der Waals surface area contributed by atoms with Crippen molar-refractivity contribution in [1.82, 2.24) is 9.47 Å². The lowest BCUT2D eigenvalue weighted by atomic mass is 9.94. The van der Waals surface area contributed by atoms with Crippen molar-refractivity contribution in [2.24, 2.45) is 4.99 Å². The van der Waals surface area contributed by atoms with Gasteiger partial charge < -0.3 is 9.64 Å². The van der Waals surface area contributed by atoms with Crippen LogP contribution in [0.3, 0.4) is 0 Å². The third-order valence-electron chi connectivity index (χ3n) is 6.02. The highest BCUT2D eigenvalue weighted by molar-refractivity contribution is 14.1. The molecular formula is C26H24ClI2N3O3S. The maximum Gasteiger partial charge on any atom is 0.271 e. The number of fused-ring (bicyclic) bond motifs is 1. The molecule has 2 aromatic carbocycles. The zero-order valence-electron chi connectivity index (χ0n) is 20.1. The van der Waals surface area contributed by atoms with E-state index in [0.717, 1.165) is 18.3 Å². The Morgan fingerprint density at radius 1 is 1.22 bits per heavy atom. The fourth-order valence-corrected chi connectivity index (χ4v) is 7.55. The van der Waals surface area contributed by atoms with Crippen LogP contribution in [0, 0.1) is 7.14 Å². The number of halogens is 3. The van der Waals surface area contributed by atoms with E-state index >= 15 is 0 Å². The van der Waals surface area contributed by atoms with Crippen molar-refractivity contribution in [3.05, 3.63) is 90.6 Å². The second kappa shape index (κ2) is 11.4. The normalized spacial score (nSPS) is 15.5. The summed E-state index contributed by atoms with van der Waals surface area (Å²) in [5, 5.41) is 0.587. The molecule has 0 unspecified atom stereocenters. The number of carbonyl (C=O) groups is 1. The monoisotopic (exact) mass is 747 g/mol. The zero-order chi connectivity index (χ0) is 26.1. The Labute approximate surface area is 245 Å². The van der Waals surface area contributed by atoms with Gasteiger partial charge in [-0.15, -0.1) is 0 Å². The van der Waals surface area contributed by atoms with Gasteiger partial charge >= 0.3 is 0 Å². The Kier molecular flexibility index (Phi) is 8.63. The number of methoxy groups -OCH3 is 1. The van der Waals surface area contributed by atoms with E-state index in [1.54, 1.807) is 28.7 Å².